The lowest BCUT2D eigenvalue weighted by Crippen LogP contribution is -2.35. The molecule has 0 fully saturated rings. The van der Waals surface area contributed by atoms with Crippen molar-refractivity contribution >= 4 is 11.6 Å². The van der Waals surface area contributed by atoms with Crippen molar-refractivity contribution < 1.29 is 9.59 Å². The van der Waals surface area contributed by atoms with E-state index < -0.39 is 0 Å². The first-order chi connectivity index (χ1) is 22.9. The Labute approximate surface area is 295 Å². The molecule has 0 amide bonds. The molecular weight excluding hydrogens is 585 g/mol. The predicted molar refractivity (Wildman–Crippen MR) is 210 cm³/mol. The zero-order valence-electron chi connectivity index (χ0n) is 32.2. The molecule has 2 aliphatic rings. The van der Waals surface area contributed by atoms with Crippen LogP contribution >= 0.6 is 0 Å². The Morgan fingerprint density at radius 1 is 0.562 bits per heavy atom. The van der Waals surface area contributed by atoms with Gasteiger partial charge in [0.1, 0.15) is 0 Å². The van der Waals surface area contributed by atoms with Crippen molar-refractivity contribution in [1.82, 2.24) is 0 Å². The molecule has 0 radical (unpaired) electrons. The summed E-state index contributed by atoms with van der Waals surface area (Å²) in [5.41, 5.74) is 10.1. The van der Waals surface area contributed by atoms with Crippen LogP contribution in [0.3, 0.4) is 0 Å². The van der Waals surface area contributed by atoms with Crippen LogP contribution in [0.1, 0.15) is 152 Å². The quantitative estimate of drug-likeness (QED) is 0.116. The molecule has 0 aromatic rings. The smallest absolute Gasteiger partial charge is 0.167 e. The van der Waals surface area contributed by atoms with Gasteiger partial charge in [0.25, 0.3) is 0 Å². The van der Waals surface area contributed by atoms with E-state index in [0.717, 1.165) is 57.3 Å². The lowest BCUT2D eigenvalue weighted by molar-refractivity contribution is -0.127. The monoisotopic (exact) mass is 653 g/mol. The summed E-state index contributed by atoms with van der Waals surface area (Å²) >= 11 is 0. The first-order valence-corrected chi connectivity index (χ1v) is 19.0. The highest BCUT2D eigenvalue weighted by atomic mass is 16.1. The molecule has 2 atom stereocenters. The zero-order valence-corrected chi connectivity index (χ0v) is 32.2. The molecule has 0 aliphatic heterocycles. The minimum absolute atomic E-state index is 0.0985. The number of ketones is 2. The fourth-order valence-electron chi connectivity index (χ4n) is 6.56. The van der Waals surface area contributed by atoms with Gasteiger partial charge in [-0.1, -0.05) is 114 Å². The molecular formula is C46H68O2. The summed E-state index contributed by atoms with van der Waals surface area (Å²) in [5, 5.41) is 0. The maximum atomic E-state index is 13.1. The van der Waals surface area contributed by atoms with Crippen LogP contribution < -0.4 is 0 Å². The Hall–Kier alpha value is -3.00. The summed E-state index contributed by atoms with van der Waals surface area (Å²) in [7, 11) is 0. The zero-order chi connectivity index (χ0) is 35.5. The Morgan fingerprint density at radius 2 is 0.917 bits per heavy atom. The minimum atomic E-state index is -0.322. The highest BCUT2D eigenvalue weighted by Gasteiger charge is 2.38. The van der Waals surface area contributed by atoms with E-state index in [9.17, 15) is 9.59 Å². The standard InChI is InChI=1S/C46H68O2/c1-34(2)18-12-19-35(3)20-13-21-36(4)22-14-23-37(5)24-15-25-38(6)26-16-27-39(7)28-17-29-40(8)32-33-42-41(9)45(47)43-30-10-11-31-44(43)46(42)48/h10-11,20,22,24,26,28,30-32,34,43-44H,12-19,21,23,25,27,29,33H2,1-9H3/b35-20+,36-22+,37-24+,38-26+,39-28+,40-32+. The number of carbonyl (C=O) groups is 2. The van der Waals surface area contributed by atoms with Crippen LogP contribution in [0, 0.1) is 17.8 Å². The van der Waals surface area contributed by atoms with Gasteiger partial charge in [-0.25, -0.2) is 0 Å². The third-order valence-electron chi connectivity index (χ3n) is 10.0. The van der Waals surface area contributed by atoms with Gasteiger partial charge in [0, 0.05) is 5.57 Å². The molecule has 0 bridgehead atoms. The Balaban J connectivity index is 1.64. The molecule has 0 heterocycles. The van der Waals surface area contributed by atoms with E-state index in [1.165, 1.54) is 60.0 Å². The summed E-state index contributed by atoms with van der Waals surface area (Å²) in [4.78, 5) is 25.9. The number of hydrogen-bond acceptors (Lipinski definition) is 2. The second kappa shape index (κ2) is 22.6. The van der Waals surface area contributed by atoms with Gasteiger partial charge in [0.2, 0.25) is 0 Å². The van der Waals surface area contributed by atoms with Crippen molar-refractivity contribution in [2.75, 3.05) is 0 Å². The van der Waals surface area contributed by atoms with E-state index in [-0.39, 0.29) is 23.4 Å². The van der Waals surface area contributed by atoms with Crippen LogP contribution in [0.4, 0.5) is 0 Å². The molecule has 2 heteroatoms. The van der Waals surface area contributed by atoms with Crippen molar-refractivity contribution in [3.8, 4) is 0 Å². The van der Waals surface area contributed by atoms with Crippen LogP contribution in [-0.2, 0) is 9.59 Å². The normalized spacial score (nSPS) is 20.0. The van der Waals surface area contributed by atoms with Crippen molar-refractivity contribution in [1.29, 1.82) is 0 Å². The molecule has 0 spiro atoms. The lowest BCUT2D eigenvalue weighted by Gasteiger charge is -2.29. The Kier molecular flexibility index (Phi) is 19.4. The second-order valence-electron chi connectivity index (χ2n) is 15.1. The second-order valence-corrected chi connectivity index (χ2v) is 15.1. The van der Waals surface area contributed by atoms with E-state index >= 15 is 0 Å². The van der Waals surface area contributed by atoms with E-state index in [4.69, 9.17) is 0 Å². The van der Waals surface area contributed by atoms with E-state index in [1.54, 1.807) is 5.57 Å². The molecule has 2 nitrogen and oxygen atoms in total. The lowest BCUT2D eigenvalue weighted by atomic mass is 9.72. The predicted octanol–water partition coefficient (Wildman–Crippen LogP) is 13.6. The topological polar surface area (TPSA) is 34.1 Å². The van der Waals surface area contributed by atoms with E-state index in [2.05, 4.69) is 91.8 Å². The van der Waals surface area contributed by atoms with Crippen LogP contribution in [0.2, 0.25) is 0 Å². The largest absolute Gasteiger partial charge is 0.294 e. The highest BCUT2D eigenvalue weighted by Crippen LogP contribution is 2.34. The Bertz CT molecular complexity index is 1340. The van der Waals surface area contributed by atoms with Gasteiger partial charge in [-0.05, 0) is 143 Å². The van der Waals surface area contributed by atoms with E-state index in [1.807, 2.05) is 31.2 Å². The highest BCUT2D eigenvalue weighted by molar-refractivity contribution is 6.15. The molecule has 2 aliphatic carbocycles. The average Bonchev–Trinajstić information content (AvgIpc) is 3.03. The van der Waals surface area contributed by atoms with E-state index in [0.29, 0.717) is 17.6 Å². The Morgan fingerprint density at radius 3 is 1.31 bits per heavy atom. The van der Waals surface area contributed by atoms with Gasteiger partial charge in [0.15, 0.2) is 11.6 Å². The maximum Gasteiger partial charge on any atom is 0.167 e. The van der Waals surface area contributed by atoms with Gasteiger partial charge in [-0.2, -0.15) is 0 Å². The van der Waals surface area contributed by atoms with Crippen molar-refractivity contribution in [3.05, 3.63) is 105 Å². The maximum absolute atomic E-state index is 13.1. The van der Waals surface area contributed by atoms with Gasteiger partial charge < -0.3 is 0 Å². The summed E-state index contributed by atoms with van der Waals surface area (Å²) in [6, 6.07) is 0. The average molecular weight is 653 g/mol. The number of fused-ring (bicyclic) bond motifs is 1. The molecule has 0 aromatic heterocycles. The molecule has 0 aromatic carbocycles. The number of Topliss-reactive ketones (excluding diaryl/α,β-unsaturated/α-hetero) is 2. The number of carbonyl (C=O) groups excluding carboxylic acids is 2. The van der Waals surface area contributed by atoms with Crippen LogP contribution in [0.25, 0.3) is 0 Å². The summed E-state index contributed by atoms with van der Waals surface area (Å²) in [6.07, 6.45) is 37.3. The summed E-state index contributed by atoms with van der Waals surface area (Å²) in [6.45, 7) is 20.0. The van der Waals surface area contributed by atoms with Crippen molar-refractivity contribution in [2.24, 2.45) is 17.8 Å². The fraction of sp³-hybridized carbons (Fsp3) is 0.565. The van der Waals surface area contributed by atoms with Crippen LogP contribution in [0.15, 0.2) is 105 Å². The van der Waals surface area contributed by atoms with Gasteiger partial charge in [-0.3, -0.25) is 9.59 Å². The molecule has 0 saturated carbocycles. The van der Waals surface area contributed by atoms with Gasteiger partial charge in [-0.15, -0.1) is 0 Å². The molecule has 0 N–H and O–H groups in total. The third kappa shape index (κ3) is 15.9. The third-order valence-corrected chi connectivity index (χ3v) is 10.0. The van der Waals surface area contributed by atoms with Gasteiger partial charge >= 0.3 is 0 Å². The number of hydrogen-bond donors (Lipinski definition) is 0. The number of rotatable bonds is 21. The number of allylic oxidation sites excluding steroid dienone is 18. The minimum Gasteiger partial charge on any atom is -0.294 e. The van der Waals surface area contributed by atoms with Crippen molar-refractivity contribution in [2.45, 2.75) is 152 Å². The SMILES string of the molecule is CC1=C(C/C=C(\C)CC/C=C(\C)CC/C=C(\C)CC/C=C(\C)CC/C=C(\C)CC/C=C(\C)CCCC(C)C)C(=O)C2C=CC=CC2C1=O. The first-order valence-electron chi connectivity index (χ1n) is 19.0. The molecule has 2 rings (SSSR count). The summed E-state index contributed by atoms with van der Waals surface area (Å²) < 4.78 is 0. The van der Waals surface area contributed by atoms with Crippen molar-refractivity contribution in [3.63, 3.8) is 0 Å². The molecule has 264 valence electrons. The summed E-state index contributed by atoms with van der Waals surface area (Å²) in [5.74, 6) is 0.390. The van der Waals surface area contributed by atoms with Crippen LogP contribution in [0.5, 0.6) is 0 Å². The molecule has 0 saturated heterocycles. The fourth-order valence-corrected chi connectivity index (χ4v) is 6.56. The van der Waals surface area contributed by atoms with Crippen LogP contribution in [-0.4, -0.2) is 11.6 Å². The molecule has 2 unspecified atom stereocenters. The molecule has 48 heavy (non-hydrogen) atoms. The first kappa shape index (κ1) is 41.2. The van der Waals surface area contributed by atoms with Gasteiger partial charge in [0.05, 0.1) is 11.8 Å².